The first-order chi connectivity index (χ1) is 18.9. The maximum absolute atomic E-state index is 13.7. The molecule has 0 aromatic heterocycles. The molecule has 12 heteroatoms. The van der Waals surface area contributed by atoms with Gasteiger partial charge in [0, 0.05) is 29.5 Å². The largest absolute Gasteiger partial charge is 0.480 e. The number of non-ortho nitro benzene ring substituents is 1. The third kappa shape index (κ3) is 4.57. The van der Waals surface area contributed by atoms with Crippen molar-refractivity contribution in [3.63, 3.8) is 0 Å². The van der Waals surface area contributed by atoms with Gasteiger partial charge in [0.2, 0.25) is 5.91 Å². The fraction of sp³-hybridized carbons (Fsp3) is 0.321. The van der Waals surface area contributed by atoms with Crippen LogP contribution in [0.25, 0.3) is 0 Å². The van der Waals surface area contributed by atoms with E-state index < -0.39 is 50.4 Å². The molecule has 2 fully saturated rings. The quantitative estimate of drug-likeness (QED) is 0.209. The van der Waals surface area contributed by atoms with E-state index in [0.717, 1.165) is 0 Å². The molecule has 0 bridgehead atoms. The Morgan fingerprint density at radius 2 is 1.88 bits per heavy atom. The maximum atomic E-state index is 13.7. The highest BCUT2D eigenvalue weighted by molar-refractivity contribution is 8.01. The van der Waals surface area contributed by atoms with Crippen LogP contribution in [0.2, 0.25) is 0 Å². The monoisotopic (exact) mass is 563 g/mol. The first-order valence-corrected chi connectivity index (χ1v) is 13.3. The second kappa shape index (κ2) is 10.0. The van der Waals surface area contributed by atoms with Gasteiger partial charge in [0.25, 0.3) is 5.69 Å². The van der Waals surface area contributed by atoms with Gasteiger partial charge in [0.15, 0.2) is 11.3 Å². The first-order valence-electron chi connectivity index (χ1n) is 12.4. The fourth-order valence-electron chi connectivity index (χ4n) is 5.42. The Balaban J connectivity index is 1.29. The lowest BCUT2D eigenvalue weighted by Gasteiger charge is -2.49. The van der Waals surface area contributed by atoms with Crippen molar-refractivity contribution in [2.75, 3.05) is 0 Å². The molecular weight excluding hydrogens is 538 g/mol. The van der Waals surface area contributed by atoms with Crippen molar-refractivity contribution in [2.45, 2.75) is 48.6 Å². The molecular formula is C28H25N3O8S. The number of rotatable bonds is 9. The van der Waals surface area contributed by atoms with Crippen molar-refractivity contribution < 1.29 is 33.9 Å². The van der Waals surface area contributed by atoms with Gasteiger partial charge in [0.1, 0.15) is 18.6 Å². The highest BCUT2D eigenvalue weighted by atomic mass is 32.2. The number of ketones is 1. The lowest BCUT2D eigenvalue weighted by atomic mass is 9.73. The van der Waals surface area contributed by atoms with Crippen LogP contribution in [0.15, 0.2) is 65.7 Å². The molecule has 2 aromatic rings. The van der Waals surface area contributed by atoms with Crippen molar-refractivity contribution >= 4 is 47.3 Å². The molecule has 2 saturated heterocycles. The molecule has 3 heterocycles. The number of β-lactam (4-membered cyclic amide) rings is 1. The third-order valence-electron chi connectivity index (χ3n) is 7.36. The zero-order valence-corrected chi connectivity index (χ0v) is 22.4. The Morgan fingerprint density at radius 3 is 2.50 bits per heavy atom. The van der Waals surface area contributed by atoms with E-state index >= 15 is 0 Å². The molecule has 0 radical (unpaired) electrons. The Labute approximate surface area is 233 Å². The van der Waals surface area contributed by atoms with Crippen LogP contribution in [0.3, 0.4) is 0 Å². The fourth-order valence-corrected chi connectivity index (χ4v) is 7.19. The zero-order valence-electron chi connectivity index (χ0n) is 21.6. The number of ether oxygens (including phenoxy) is 1. The van der Waals surface area contributed by atoms with Crippen LogP contribution in [-0.4, -0.2) is 66.5 Å². The average molecular weight is 564 g/mol. The molecule has 3 aliphatic rings. The number of hydrogen-bond acceptors (Lipinski definition) is 9. The number of fused-ring (bicyclic) bond motifs is 1. The molecule has 0 aliphatic carbocycles. The summed E-state index contributed by atoms with van der Waals surface area (Å²) in [5.74, 6) is -3.32. The van der Waals surface area contributed by atoms with E-state index in [4.69, 9.17) is 4.74 Å². The molecule has 3 aliphatic heterocycles. The normalized spacial score (nSPS) is 25.8. The summed E-state index contributed by atoms with van der Waals surface area (Å²) in [6.07, 6.45) is 4.57. The summed E-state index contributed by atoms with van der Waals surface area (Å²) in [5, 5.41) is 20.0. The van der Waals surface area contributed by atoms with Gasteiger partial charge in [-0.25, -0.2) is 9.59 Å². The third-order valence-corrected chi connectivity index (χ3v) is 8.94. The molecule has 0 spiro atoms. The summed E-state index contributed by atoms with van der Waals surface area (Å²) in [6.45, 7) is 3.46. The Morgan fingerprint density at radius 1 is 1.15 bits per heavy atom. The number of carbonyl (C=O) groups is 4. The first kappa shape index (κ1) is 27.3. The summed E-state index contributed by atoms with van der Waals surface area (Å²) < 4.78 is 4.60. The summed E-state index contributed by atoms with van der Waals surface area (Å²) in [4.78, 5) is 67.6. The molecule has 1 N–H and O–H groups in total. The SMILES string of the molecule is CC1(C)SC2C(C3(C(=O)Cc4cccc(C(=O)OCc5ccc([N+](=O)[O-])cc5)c4)C=CC=N3)C(=O)N2C1C(=O)O. The lowest BCUT2D eigenvalue weighted by molar-refractivity contribution is -0.384. The molecule has 4 atom stereocenters. The van der Waals surface area contributed by atoms with Crippen LogP contribution in [0.1, 0.15) is 35.3 Å². The van der Waals surface area contributed by atoms with Gasteiger partial charge in [-0.05, 0) is 61.4 Å². The number of carboxylic acids is 1. The number of esters is 1. The Bertz CT molecular complexity index is 1470. The van der Waals surface area contributed by atoms with Crippen molar-refractivity contribution in [3.05, 3.63) is 87.5 Å². The number of aliphatic carboxylic acids is 1. The number of nitro benzene ring substituents is 1. The molecule has 40 heavy (non-hydrogen) atoms. The molecule has 0 saturated carbocycles. The number of nitrogens with zero attached hydrogens (tertiary/aromatic N) is 3. The zero-order chi connectivity index (χ0) is 28.8. The van der Waals surface area contributed by atoms with Gasteiger partial charge < -0.3 is 14.7 Å². The van der Waals surface area contributed by atoms with Crippen LogP contribution in [0.4, 0.5) is 5.69 Å². The van der Waals surface area contributed by atoms with Crippen molar-refractivity contribution in [1.82, 2.24) is 4.90 Å². The van der Waals surface area contributed by atoms with E-state index in [-0.39, 0.29) is 30.1 Å². The van der Waals surface area contributed by atoms with E-state index in [1.165, 1.54) is 53.2 Å². The predicted molar refractivity (Wildman–Crippen MR) is 145 cm³/mol. The van der Waals surface area contributed by atoms with Crippen molar-refractivity contribution in [1.29, 1.82) is 0 Å². The topological polar surface area (TPSA) is 156 Å². The van der Waals surface area contributed by atoms with Crippen LogP contribution >= 0.6 is 11.8 Å². The number of amides is 1. The van der Waals surface area contributed by atoms with Gasteiger partial charge in [-0.3, -0.25) is 24.7 Å². The molecule has 2 aromatic carbocycles. The number of aliphatic imine (C=N–C) groups is 1. The molecule has 1 amide bonds. The molecule has 11 nitrogen and oxygen atoms in total. The summed E-state index contributed by atoms with van der Waals surface area (Å²) in [7, 11) is 0. The Kier molecular flexibility index (Phi) is 6.82. The van der Waals surface area contributed by atoms with Crippen LogP contribution in [0.5, 0.6) is 0 Å². The van der Waals surface area contributed by atoms with E-state index in [0.29, 0.717) is 11.1 Å². The minimum Gasteiger partial charge on any atom is -0.480 e. The summed E-state index contributed by atoms with van der Waals surface area (Å²) >= 11 is 1.36. The van der Waals surface area contributed by atoms with Gasteiger partial charge in [-0.15, -0.1) is 11.8 Å². The number of allylic oxidation sites excluding steroid dienone is 1. The average Bonchev–Trinajstić information content (AvgIpc) is 3.49. The highest BCUT2D eigenvalue weighted by Crippen LogP contribution is 2.57. The Hall–Kier alpha value is -4.32. The molecule has 4 unspecified atom stereocenters. The number of hydrogen-bond donors (Lipinski definition) is 1. The smallest absolute Gasteiger partial charge is 0.338 e. The second-order valence-electron chi connectivity index (χ2n) is 10.3. The van der Waals surface area contributed by atoms with E-state index in [1.807, 2.05) is 0 Å². The highest BCUT2D eigenvalue weighted by Gasteiger charge is 2.69. The maximum Gasteiger partial charge on any atom is 0.338 e. The standard InChI is InChI=1S/C28H25N3O8S/c1-27(2)22(25(34)35)30-23(33)21(24(30)40-27)28(11-4-12-29-28)20(32)14-17-5-3-6-18(13-17)26(36)39-15-16-7-9-19(10-8-16)31(37)38/h3-13,21-22,24H,14-15H2,1-2H3,(H,34,35). The van der Waals surface area contributed by atoms with Gasteiger partial charge in [-0.1, -0.05) is 12.1 Å². The number of nitro groups is 1. The number of carbonyl (C=O) groups excluding carboxylic acids is 3. The van der Waals surface area contributed by atoms with Crippen LogP contribution < -0.4 is 0 Å². The van der Waals surface area contributed by atoms with Crippen molar-refractivity contribution in [3.8, 4) is 0 Å². The molecule has 5 rings (SSSR count). The number of thioether (sulfide) groups is 1. The van der Waals surface area contributed by atoms with Gasteiger partial charge in [0.05, 0.1) is 15.9 Å². The minimum absolute atomic E-state index is 0.0695. The number of carboxylic acid groups (broad SMARTS) is 1. The summed E-state index contributed by atoms with van der Waals surface area (Å²) in [6, 6.07) is 11.0. The van der Waals surface area contributed by atoms with E-state index in [2.05, 4.69) is 4.99 Å². The van der Waals surface area contributed by atoms with E-state index in [9.17, 15) is 34.4 Å². The van der Waals surface area contributed by atoms with Gasteiger partial charge in [-0.2, -0.15) is 0 Å². The van der Waals surface area contributed by atoms with Crippen LogP contribution in [-0.2, 0) is 32.1 Å². The van der Waals surface area contributed by atoms with E-state index in [1.54, 1.807) is 44.2 Å². The second-order valence-corrected chi connectivity index (χ2v) is 12.1. The van der Waals surface area contributed by atoms with Gasteiger partial charge >= 0.3 is 11.9 Å². The number of Topliss-reactive ketones (excluding diaryl/α,β-unsaturated/α-hetero) is 1. The minimum atomic E-state index is -1.46. The summed E-state index contributed by atoms with van der Waals surface area (Å²) in [5.41, 5.74) is -0.206. The van der Waals surface area contributed by atoms with Crippen molar-refractivity contribution in [2.24, 2.45) is 10.9 Å². The predicted octanol–water partition coefficient (Wildman–Crippen LogP) is 3.21. The number of benzene rings is 2. The molecule has 206 valence electrons. The van der Waals surface area contributed by atoms with Crippen LogP contribution in [0, 0.1) is 16.0 Å². The lowest BCUT2D eigenvalue weighted by Crippen LogP contribution is -2.69.